The molecule has 0 saturated carbocycles. The highest BCUT2D eigenvalue weighted by Gasteiger charge is 2.23. The Hall–Kier alpha value is -2.54. The molecule has 144 valence electrons. The predicted octanol–water partition coefficient (Wildman–Crippen LogP) is 4.53. The second-order valence-corrected chi connectivity index (χ2v) is 6.67. The van der Waals surface area contributed by atoms with Gasteiger partial charge in [-0.25, -0.2) is 14.6 Å². The second kappa shape index (κ2) is 9.82. The summed E-state index contributed by atoms with van der Waals surface area (Å²) in [6.07, 6.45) is 0.403. The van der Waals surface area contributed by atoms with Crippen LogP contribution in [0.25, 0.3) is 0 Å². The molecule has 7 nitrogen and oxygen atoms in total. The van der Waals surface area contributed by atoms with Crippen LogP contribution in [-0.4, -0.2) is 18.2 Å². The van der Waals surface area contributed by atoms with Gasteiger partial charge in [0, 0.05) is 0 Å². The molecule has 0 spiro atoms. The minimum absolute atomic E-state index is 0.384. The van der Waals surface area contributed by atoms with Gasteiger partial charge in [0.2, 0.25) is 0 Å². The van der Waals surface area contributed by atoms with Crippen LogP contribution in [0, 0.1) is 0 Å². The van der Waals surface area contributed by atoms with Crippen LogP contribution < -0.4 is 0 Å². The van der Waals surface area contributed by atoms with E-state index in [1.54, 1.807) is 13.8 Å². The van der Waals surface area contributed by atoms with Crippen molar-refractivity contribution in [3.05, 3.63) is 47.7 Å². The maximum atomic E-state index is 11.4. The van der Waals surface area contributed by atoms with E-state index in [4.69, 9.17) is 9.78 Å². The monoisotopic (exact) mass is 366 g/mol. The van der Waals surface area contributed by atoms with Crippen molar-refractivity contribution in [1.29, 1.82) is 0 Å². The smallest absolute Gasteiger partial charge is 0.429 e. The highest BCUT2D eigenvalue weighted by Crippen LogP contribution is 2.26. The fourth-order valence-corrected chi connectivity index (χ4v) is 1.86. The van der Waals surface area contributed by atoms with Crippen LogP contribution in [-0.2, 0) is 34.7 Å². The molecule has 0 aromatic heterocycles. The minimum Gasteiger partial charge on any atom is -0.429 e. The first-order valence-electron chi connectivity index (χ1n) is 8.32. The van der Waals surface area contributed by atoms with Crippen LogP contribution in [0.15, 0.2) is 36.6 Å². The predicted molar refractivity (Wildman–Crippen MR) is 93.7 cm³/mol. The molecule has 0 aliphatic carbocycles. The molecule has 26 heavy (non-hydrogen) atoms. The Balaban J connectivity index is 2.43. The third-order valence-electron chi connectivity index (χ3n) is 3.31. The first-order valence-corrected chi connectivity index (χ1v) is 8.32. The molecule has 1 aromatic carbocycles. The zero-order valence-electron chi connectivity index (χ0n) is 16.0. The summed E-state index contributed by atoms with van der Waals surface area (Å²) in [5.74, 6) is -0.508. The van der Waals surface area contributed by atoms with E-state index in [1.807, 2.05) is 38.1 Å². The molecule has 0 aliphatic rings. The first-order chi connectivity index (χ1) is 12.1. The Morgan fingerprint density at radius 3 is 2.15 bits per heavy atom. The summed E-state index contributed by atoms with van der Waals surface area (Å²) >= 11 is 0. The van der Waals surface area contributed by atoms with Gasteiger partial charge < -0.3 is 9.62 Å². The van der Waals surface area contributed by atoms with Gasteiger partial charge in [-0.2, -0.15) is 9.68 Å². The molecule has 0 aliphatic heterocycles. The molecule has 0 radical (unpaired) electrons. The number of hydrogen-bond donors (Lipinski definition) is 0. The van der Waals surface area contributed by atoms with Crippen molar-refractivity contribution in [2.75, 3.05) is 0 Å². The maximum absolute atomic E-state index is 11.4. The van der Waals surface area contributed by atoms with Crippen molar-refractivity contribution < 1.29 is 33.9 Å². The van der Waals surface area contributed by atoms with Crippen LogP contribution in [0.3, 0.4) is 0 Å². The highest BCUT2D eigenvalue weighted by atomic mass is 17.2. The van der Waals surface area contributed by atoms with Crippen molar-refractivity contribution in [3.63, 3.8) is 0 Å². The molecule has 7 heteroatoms. The lowest BCUT2D eigenvalue weighted by molar-refractivity contribution is -0.321. The molecule has 0 fully saturated rings. The van der Waals surface area contributed by atoms with Crippen LogP contribution in [0.4, 0.5) is 4.79 Å². The second-order valence-electron chi connectivity index (χ2n) is 6.67. The van der Waals surface area contributed by atoms with E-state index in [0.717, 1.165) is 17.9 Å². The lowest BCUT2D eigenvalue weighted by Gasteiger charge is -2.23. The number of carbonyl (C=O) groups excluding carboxylic acids is 2. The van der Waals surface area contributed by atoms with E-state index in [0.29, 0.717) is 5.92 Å². The highest BCUT2D eigenvalue weighted by molar-refractivity contribution is 5.81. The molecule has 0 N–H and O–H groups in total. The number of rotatable bonds is 7. The topological polar surface area (TPSA) is 80.3 Å². The zero-order valence-corrected chi connectivity index (χ0v) is 16.0. The third kappa shape index (κ3) is 7.57. The van der Waals surface area contributed by atoms with E-state index in [1.165, 1.54) is 5.56 Å². The van der Waals surface area contributed by atoms with Crippen molar-refractivity contribution >= 4 is 12.1 Å². The Bertz CT molecular complexity index is 615. The summed E-state index contributed by atoms with van der Waals surface area (Å²) in [5, 5.41) is 0. The van der Waals surface area contributed by atoms with Gasteiger partial charge in [0.1, 0.15) is 11.9 Å². The molecular weight excluding hydrogens is 340 g/mol. The van der Waals surface area contributed by atoms with Gasteiger partial charge >= 0.3 is 12.1 Å². The number of carbonyl (C=O) groups is 2. The molecule has 0 saturated heterocycles. The van der Waals surface area contributed by atoms with Crippen molar-refractivity contribution in [3.8, 4) is 0 Å². The van der Waals surface area contributed by atoms with Gasteiger partial charge in [-0.05, 0) is 44.7 Å². The molecule has 0 atom stereocenters. The Kier molecular flexibility index (Phi) is 8.12. The first kappa shape index (κ1) is 21.5. The standard InChI is InChI=1S/C19H26O7/c1-13(2)15-7-9-16(10-8-15)19(5,6)26-22-12-11-17(20)24-25-18(21)23-14(3)4/h7-14H,1-6H3. The molecule has 0 amide bonds. The van der Waals surface area contributed by atoms with Gasteiger partial charge in [0.25, 0.3) is 0 Å². The van der Waals surface area contributed by atoms with E-state index < -0.39 is 17.7 Å². The summed E-state index contributed by atoms with van der Waals surface area (Å²) < 4.78 is 4.62. The quantitative estimate of drug-likeness (QED) is 0.231. The Morgan fingerprint density at radius 2 is 1.62 bits per heavy atom. The average Bonchev–Trinajstić information content (AvgIpc) is 2.56. The summed E-state index contributed by atoms with van der Waals surface area (Å²) in [6.45, 7) is 11.2. The van der Waals surface area contributed by atoms with Crippen LogP contribution in [0.2, 0.25) is 0 Å². The fourth-order valence-electron chi connectivity index (χ4n) is 1.86. The zero-order chi connectivity index (χ0) is 19.7. The number of benzene rings is 1. The molecule has 0 unspecified atom stereocenters. The molecular formula is C19H26O7. The summed E-state index contributed by atoms with van der Waals surface area (Å²) in [7, 11) is 0. The molecule has 1 rings (SSSR count). The van der Waals surface area contributed by atoms with Gasteiger partial charge in [0.05, 0.1) is 12.2 Å². The summed E-state index contributed by atoms with van der Waals surface area (Å²) in [4.78, 5) is 41.0. The third-order valence-corrected chi connectivity index (χ3v) is 3.31. The van der Waals surface area contributed by atoms with E-state index >= 15 is 0 Å². The normalized spacial score (nSPS) is 11.7. The molecule has 0 heterocycles. The van der Waals surface area contributed by atoms with E-state index in [9.17, 15) is 9.59 Å². The van der Waals surface area contributed by atoms with Crippen molar-refractivity contribution in [2.45, 2.75) is 59.2 Å². The van der Waals surface area contributed by atoms with Crippen molar-refractivity contribution in [2.24, 2.45) is 0 Å². The maximum Gasteiger partial charge on any atom is 0.550 e. The van der Waals surface area contributed by atoms with E-state index in [-0.39, 0.29) is 6.10 Å². The van der Waals surface area contributed by atoms with Gasteiger partial charge in [-0.15, -0.1) is 0 Å². The lowest BCUT2D eigenvalue weighted by atomic mass is 9.94. The van der Waals surface area contributed by atoms with Gasteiger partial charge in [-0.1, -0.05) is 38.1 Å². The SMILES string of the molecule is CC(C)OC(=O)OOC(=O)C=COOC(C)(C)c1ccc(C(C)C)cc1. The van der Waals surface area contributed by atoms with Gasteiger partial charge in [-0.3, -0.25) is 0 Å². The Morgan fingerprint density at radius 1 is 1.00 bits per heavy atom. The van der Waals surface area contributed by atoms with Gasteiger partial charge in [0.15, 0.2) is 0 Å². The molecule has 1 aromatic rings. The van der Waals surface area contributed by atoms with Crippen molar-refractivity contribution in [1.82, 2.24) is 0 Å². The summed E-state index contributed by atoms with van der Waals surface area (Å²) in [5.41, 5.74) is 1.41. The molecule has 0 bridgehead atoms. The lowest BCUT2D eigenvalue weighted by Crippen LogP contribution is -2.21. The number of hydrogen-bond acceptors (Lipinski definition) is 7. The minimum atomic E-state index is -1.11. The van der Waals surface area contributed by atoms with Crippen LogP contribution in [0.5, 0.6) is 0 Å². The number of ether oxygens (including phenoxy) is 1. The summed E-state index contributed by atoms with van der Waals surface area (Å²) in [6, 6.07) is 7.99. The van der Waals surface area contributed by atoms with Crippen LogP contribution >= 0.6 is 0 Å². The van der Waals surface area contributed by atoms with E-state index in [2.05, 4.69) is 28.4 Å². The average molecular weight is 366 g/mol. The Labute approximate surface area is 153 Å². The fraction of sp³-hybridized carbons (Fsp3) is 0.474. The largest absolute Gasteiger partial charge is 0.550 e. The van der Waals surface area contributed by atoms with Crippen LogP contribution in [0.1, 0.15) is 58.6 Å².